The molecule has 144 valence electrons. The number of nitrogens with one attached hydrogen (secondary N) is 2. The van der Waals surface area contributed by atoms with E-state index in [9.17, 15) is 4.39 Å². The zero-order valence-electron chi connectivity index (χ0n) is 16.1. The van der Waals surface area contributed by atoms with Crippen LogP contribution in [0, 0.1) is 12.7 Å². The molecule has 5 heteroatoms. The zero-order valence-corrected chi connectivity index (χ0v) is 16.1. The van der Waals surface area contributed by atoms with Gasteiger partial charge in [-0.15, -0.1) is 0 Å². The Morgan fingerprint density at radius 3 is 2.59 bits per heavy atom. The smallest absolute Gasteiger partial charge is 0.191 e. The molecule has 1 saturated heterocycles. The lowest BCUT2D eigenvalue weighted by Gasteiger charge is -2.39. The predicted molar refractivity (Wildman–Crippen MR) is 108 cm³/mol. The third-order valence-electron chi connectivity index (χ3n) is 5.33. The molecule has 3 rings (SSSR count). The lowest BCUT2D eigenvalue weighted by Crippen LogP contribution is -2.48. The molecule has 27 heavy (non-hydrogen) atoms. The van der Waals surface area contributed by atoms with E-state index in [2.05, 4.69) is 46.8 Å². The molecule has 1 heterocycles. The summed E-state index contributed by atoms with van der Waals surface area (Å²) >= 11 is 0. The molecule has 1 fully saturated rings. The van der Waals surface area contributed by atoms with Crippen LogP contribution in [0.3, 0.4) is 0 Å². The van der Waals surface area contributed by atoms with Crippen LogP contribution in [-0.4, -0.2) is 32.8 Å². The van der Waals surface area contributed by atoms with Gasteiger partial charge in [-0.05, 0) is 48.6 Å². The van der Waals surface area contributed by atoms with Crippen LogP contribution < -0.4 is 10.6 Å². The Morgan fingerprint density at radius 2 is 1.89 bits per heavy atom. The van der Waals surface area contributed by atoms with Crippen LogP contribution in [0.15, 0.2) is 53.5 Å². The maximum atomic E-state index is 13.4. The second-order valence-electron chi connectivity index (χ2n) is 7.12. The van der Waals surface area contributed by atoms with E-state index in [1.807, 2.05) is 6.07 Å². The van der Waals surface area contributed by atoms with Crippen molar-refractivity contribution in [2.45, 2.75) is 31.7 Å². The average molecular weight is 369 g/mol. The van der Waals surface area contributed by atoms with Crippen molar-refractivity contribution >= 4 is 5.96 Å². The molecule has 2 N–H and O–H groups in total. The van der Waals surface area contributed by atoms with Crippen LogP contribution in [-0.2, 0) is 16.7 Å². The molecular weight excluding hydrogens is 341 g/mol. The van der Waals surface area contributed by atoms with E-state index in [1.165, 1.54) is 23.3 Å². The minimum Gasteiger partial charge on any atom is -0.381 e. The number of halogens is 1. The molecule has 4 nitrogen and oxygen atoms in total. The van der Waals surface area contributed by atoms with Crippen molar-refractivity contribution in [1.82, 2.24) is 10.6 Å². The monoisotopic (exact) mass is 369 g/mol. The highest BCUT2D eigenvalue weighted by Gasteiger charge is 2.35. The van der Waals surface area contributed by atoms with Crippen LogP contribution in [0.1, 0.15) is 29.5 Å². The van der Waals surface area contributed by atoms with Crippen molar-refractivity contribution in [3.8, 4) is 0 Å². The highest BCUT2D eigenvalue weighted by atomic mass is 19.1. The number of nitrogens with zero attached hydrogens (tertiary/aromatic N) is 1. The van der Waals surface area contributed by atoms with Crippen molar-refractivity contribution in [1.29, 1.82) is 0 Å². The van der Waals surface area contributed by atoms with Gasteiger partial charge in [-0.25, -0.2) is 4.39 Å². The van der Waals surface area contributed by atoms with E-state index in [0.717, 1.165) is 44.1 Å². The summed E-state index contributed by atoms with van der Waals surface area (Å²) in [5, 5.41) is 6.76. The fourth-order valence-corrected chi connectivity index (χ4v) is 3.78. The van der Waals surface area contributed by atoms with Crippen LogP contribution in [0.25, 0.3) is 0 Å². The summed E-state index contributed by atoms with van der Waals surface area (Å²) in [6.07, 6.45) is 1.96. The molecule has 0 atom stereocenters. The molecule has 2 aromatic rings. The number of guanidine groups is 1. The lowest BCUT2D eigenvalue weighted by atomic mass is 9.72. The van der Waals surface area contributed by atoms with Crippen molar-refractivity contribution in [2.75, 3.05) is 26.8 Å². The van der Waals surface area contributed by atoms with E-state index in [0.29, 0.717) is 6.54 Å². The van der Waals surface area contributed by atoms with Gasteiger partial charge in [0.2, 0.25) is 0 Å². The van der Waals surface area contributed by atoms with Gasteiger partial charge < -0.3 is 15.4 Å². The predicted octanol–water partition coefficient (Wildman–Crippen LogP) is 3.55. The first-order chi connectivity index (χ1) is 13.1. The minimum atomic E-state index is -0.224. The summed E-state index contributed by atoms with van der Waals surface area (Å²) in [6.45, 7) is 5.02. The lowest BCUT2D eigenvalue weighted by molar-refractivity contribution is 0.0512. The average Bonchev–Trinajstić information content (AvgIpc) is 2.69. The summed E-state index contributed by atoms with van der Waals surface area (Å²) < 4.78 is 19.0. The maximum absolute atomic E-state index is 13.4. The summed E-state index contributed by atoms with van der Waals surface area (Å²) in [6, 6.07) is 15.2. The third-order valence-corrected chi connectivity index (χ3v) is 5.33. The number of aliphatic imine (C=N–C) groups is 1. The molecule has 1 aliphatic heterocycles. The number of rotatable bonds is 5. The van der Waals surface area contributed by atoms with Crippen LogP contribution >= 0.6 is 0 Å². The Kier molecular flexibility index (Phi) is 6.45. The highest BCUT2D eigenvalue weighted by molar-refractivity contribution is 5.79. The molecule has 0 amide bonds. The molecule has 0 bridgehead atoms. The molecule has 0 radical (unpaired) electrons. The zero-order chi connectivity index (χ0) is 19.1. The molecule has 0 aromatic heterocycles. The van der Waals surface area contributed by atoms with Gasteiger partial charge in [0, 0.05) is 38.8 Å². The maximum Gasteiger partial charge on any atom is 0.191 e. The van der Waals surface area contributed by atoms with E-state index in [4.69, 9.17) is 4.74 Å². The van der Waals surface area contributed by atoms with Gasteiger partial charge in [0.05, 0.1) is 0 Å². The second-order valence-corrected chi connectivity index (χ2v) is 7.12. The van der Waals surface area contributed by atoms with Crippen molar-refractivity contribution < 1.29 is 9.13 Å². The number of aryl methyl sites for hydroxylation is 1. The Morgan fingerprint density at radius 1 is 1.11 bits per heavy atom. The first-order valence-corrected chi connectivity index (χ1v) is 9.46. The summed E-state index contributed by atoms with van der Waals surface area (Å²) in [7, 11) is 1.76. The quantitative estimate of drug-likeness (QED) is 0.626. The largest absolute Gasteiger partial charge is 0.381 e. The number of hydrogen-bond donors (Lipinski definition) is 2. The molecule has 2 aromatic carbocycles. The summed E-state index contributed by atoms with van der Waals surface area (Å²) in [5.41, 5.74) is 3.60. The van der Waals surface area contributed by atoms with Gasteiger partial charge in [0.1, 0.15) is 5.82 Å². The van der Waals surface area contributed by atoms with Gasteiger partial charge >= 0.3 is 0 Å². The van der Waals surface area contributed by atoms with Crippen molar-refractivity contribution in [2.24, 2.45) is 4.99 Å². The fourth-order valence-electron chi connectivity index (χ4n) is 3.78. The molecule has 0 aliphatic carbocycles. The van der Waals surface area contributed by atoms with Crippen LogP contribution in [0.4, 0.5) is 4.39 Å². The first kappa shape index (κ1) is 19.4. The number of ether oxygens (including phenoxy) is 1. The fraction of sp³-hybridized carbons (Fsp3) is 0.409. The van der Waals surface area contributed by atoms with Gasteiger partial charge in [-0.1, -0.05) is 36.4 Å². The molecule has 1 aliphatic rings. The minimum absolute atomic E-state index is 0.0278. The Labute approximate surface area is 160 Å². The standard InChI is InChI=1S/C22H28FN3O/c1-17-6-3-4-9-20(17)22(10-12-27-13-11-22)16-26-21(24-2)25-15-18-7-5-8-19(23)14-18/h3-9,14H,10-13,15-16H2,1-2H3,(H2,24,25,26). The van der Waals surface area contributed by atoms with Gasteiger partial charge in [-0.3, -0.25) is 4.99 Å². The Bertz CT molecular complexity index is 785. The van der Waals surface area contributed by atoms with E-state index >= 15 is 0 Å². The van der Waals surface area contributed by atoms with Crippen LogP contribution in [0.2, 0.25) is 0 Å². The number of benzene rings is 2. The van der Waals surface area contributed by atoms with E-state index in [-0.39, 0.29) is 11.2 Å². The normalized spacial score (nSPS) is 16.8. The summed E-state index contributed by atoms with van der Waals surface area (Å²) in [4.78, 5) is 4.33. The molecule has 0 spiro atoms. The summed E-state index contributed by atoms with van der Waals surface area (Å²) in [5.74, 6) is 0.497. The van der Waals surface area contributed by atoms with Gasteiger partial charge in [0.15, 0.2) is 5.96 Å². The van der Waals surface area contributed by atoms with Gasteiger partial charge in [-0.2, -0.15) is 0 Å². The Hall–Kier alpha value is -2.40. The first-order valence-electron chi connectivity index (χ1n) is 9.46. The van der Waals surface area contributed by atoms with Crippen LogP contribution in [0.5, 0.6) is 0 Å². The topological polar surface area (TPSA) is 45.7 Å². The van der Waals surface area contributed by atoms with E-state index in [1.54, 1.807) is 13.1 Å². The number of hydrogen-bond acceptors (Lipinski definition) is 2. The molecular formula is C22H28FN3O. The third kappa shape index (κ3) is 4.86. The Balaban J connectivity index is 1.68. The van der Waals surface area contributed by atoms with Crippen molar-refractivity contribution in [3.05, 3.63) is 71.0 Å². The van der Waals surface area contributed by atoms with Crippen molar-refractivity contribution in [3.63, 3.8) is 0 Å². The SMILES string of the molecule is CN=C(NCc1cccc(F)c1)NCC1(c2ccccc2C)CCOCC1. The molecule has 0 saturated carbocycles. The van der Waals surface area contributed by atoms with Gasteiger partial charge in [0.25, 0.3) is 0 Å². The van der Waals surface area contributed by atoms with E-state index < -0.39 is 0 Å². The highest BCUT2D eigenvalue weighted by Crippen LogP contribution is 2.36. The molecule has 0 unspecified atom stereocenters. The second kappa shape index (κ2) is 9.00.